The topological polar surface area (TPSA) is 32.3 Å². The Kier molecular flexibility index (Phi) is 4.65. The minimum Gasteiger partial charge on any atom is -0.370 e. The Morgan fingerprint density at radius 1 is 1.00 bits per heavy atom. The SMILES string of the molecule is O=C(Nc1cc(C(F)(F)F)ccc1N1CCCC1)c1ccc(F)cc1. The van der Waals surface area contributed by atoms with Crippen LogP contribution < -0.4 is 10.2 Å². The number of anilines is 2. The Labute approximate surface area is 142 Å². The van der Waals surface area contributed by atoms with Crippen LogP contribution in [-0.4, -0.2) is 19.0 Å². The summed E-state index contributed by atoms with van der Waals surface area (Å²) in [5.74, 6) is -1.08. The molecule has 25 heavy (non-hydrogen) atoms. The number of nitrogens with one attached hydrogen (secondary N) is 1. The highest BCUT2D eigenvalue weighted by molar-refractivity contribution is 6.06. The first-order valence-corrected chi connectivity index (χ1v) is 7.88. The van der Waals surface area contributed by atoms with Gasteiger partial charge in [0, 0.05) is 18.7 Å². The number of rotatable bonds is 3. The van der Waals surface area contributed by atoms with Gasteiger partial charge >= 0.3 is 6.18 Å². The number of carbonyl (C=O) groups excluding carboxylic acids is 1. The van der Waals surface area contributed by atoms with Gasteiger partial charge in [-0.25, -0.2) is 4.39 Å². The summed E-state index contributed by atoms with van der Waals surface area (Å²) in [5, 5.41) is 2.53. The Morgan fingerprint density at radius 3 is 2.24 bits per heavy atom. The third-order valence-electron chi connectivity index (χ3n) is 4.13. The zero-order valence-corrected chi connectivity index (χ0v) is 13.2. The van der Waals surface area contributed by atoms with E-state index < -0.39 is 23.5 Å². The summed E-state index contributed by atoms with van der Waals surface area (Å²) in [4.78, 5) is 14.3. The van der Waals surface area contributed by atoms with E-state index in [4.69, 9.17) is 0 Å². The second kappa shape index (κ2) is 6.74. The molecule has 7 heteroatoms. The molecule has 1 amide bonds. The summed E-state index contributed by atoms with van der Waals surface area (Å²) in [6, 6.07) is 8.16. The molecular weight excluding hydrogens is 336 g/mol. The van der Waals surface area contributed by atoms with Gasteiger partial charge in [0.15, 0.2) is 0 Å². The molecule has 3 rings (SSSR count). The van der Waals surface area contributed by atoms with E-state index >= 15 is 0 Å². The molecule has 1 heterocycles. The van der Waals surface area contributed by atoms with Gasteiger partial charge in [0.05, 0.1) is 16.9 Å². The van der Waals surface area contributed by atoms with E-state index in [1.165, 1.54) is 18.2 Å². The third-order valence-corrected chi connectivity index (χ3v) is 4.13. The largest absolute Gasteiger partial charge is 0.416 e. The minimum atomic E-state index is -4.50. The molecular formula is C18H16F4N2O. The molecule has 1 saturated heterocycles. The van der Waals surface area contributed by atoms with Gasteiger partial charge in [0.2, 0.25) is 0 Å². The van der Waals surface area contributed by atoms with E-state index in [1.54, 1.807) is 0 Å². The van der Waals surface area contributed by atoms with Crippen molar-refractivity contribution in [3.8, 4) is 0 Å². The molecule has 0 aliphatic carbocycles. The molecule has 1 aliphatic rings. The van der Waals surface area contributed by atoms with Gasteiger partial charge in [-0.15, -0.1) is 0 Å². The number of hydrogen-bond donors (Lipinski definition) is 1. The zero-order chi connectivity index (χ0) is 18.0. The van der Waals surface area contributed by atoms with Crippen LogP contribution in [0.1, 0.15) is 28.8 Å². The molecule has 2 aromatic rings. The molecule has 1 fully saturated rings. The van der Waals surface area contributed by atoms with Gasteiger partial charge in [-0.2, -0.15) is 13.2 Å². The lowest BCUT2D eigenvalue weighted by atomic mass is 10.1. The predicted octanol–water partition coefficient (Wildman–Crippen LogP) is 4.70. The van der Waals surface area contributed by atoms with E-state index in [0.29, 0.717) is 5.69 Å². The first-order valence-electron chi connectivity index (χ1n) is 7.88. The van der Waals surface area contributed by atoms with E-state index in [2.05, 4.69) is 5.32 Å². The van der Waals surface area contributed by atoms with Crippen LogP contribution in [-0.2, 0) is 6.18 Å². The minimum absolute atomic E-state index is 0.103. The quantitative estimate of drug-likeness (QED) is 0.813. The molecule has 0 aromatic heterocycles. The van der Waals surface area contributed by atoms with Crippen molar-refractivity contribution in [1.82, 2.24) is 0 Å². The van der Waals surface area contributed by atoms with Crippen molar-refractivity contribution in [3.05, 3.63) is 59.4 Å². The van der Waals surface area contributed by atoms with Gasteiger partial charge in [0.25, 0.3) is 5.91 Å². The number of halogens is 4. The Balaban J connectivity index is 1.93. The number of benzene rings is 2. The highest BCUT2D eigenvalue weighted by atomic mass is 19.4. The van der Waals surface area contributed by atoms with Crippen molar-refractivity contribution < 1.29 is 22.4 Å². The second-order valence-corrected chi connectivity index (χ2v) is 5.88. The monoisotopic (exact) mass is 352 g/mol. The molecule has 0 bridgehead atoms. The Hall–Kier alpha value is -2.57. The maximum atomic E-state index is 13.0. The van der Waals surface area contributed by atoms with Crippen molar-refractivity contribution in [2.24, 2.45) is 0 Å². The molecule has 3 nitrogen and oxygen atoms in total. The average Bonchev–Trinajstić information content (AvgIpc) is 3.08. The summed E-state index contributed by atoms with van der Waals surface area (Å²) < 4.78 is 52.0. The zero-order valence-electron chi connectivity index (χ0n) is 13.2. The van der Waals surface area contributed by atoms with Gasteiger partial charge in [-0.1, -0.05) is 0 Å². The van der Waals surface area contributed by atoms with Crippen LogP contribution >= 0.6 is 0 Å². The molecule has 2 aromatic carbocycles. The van der Waals surface area contributed by atoms with E-state index in [1.807, 2.05) is 4.90 Å². The average molecular weight is 352 g/mol. The number of carbonyl (C=O) groups is 1. The second-order valence-electron chi connectivity index (χ2n) is 5.88. The van der Waals surface area contributed by atoms with Crippen LogP contribution in [0.15, 0.2) is 42.5 Å². The van der Waals surface area contributed by atoms with E-state index in [9.17, 15) is 22.4 Å². The highest BCUT2D eigenvalue weighted by Crippen LogP contribution is 2.36. The summed E-state index contributed by atoms with van der Waals surface area (Å²) in [7, 11) is 0. The normalized spacial score (nSPS) is 14.6. The maximum absolute atomic E-state index is 13.0. The van der Waals surface area contributed by atoms with Crippen LogP contribution in [0.2, 0.25) is 0 Å². The fraction of sp³-hybridized carbons (Fsp3) is 0.278. The summed E-state index contributed by atoms with van der Waals surface area (Å²) >= 11 is 0. The van der Waals surface area contributed by atoms with Crippen LogP contribution in [0.25, 0.3) is 0 Å². The van der Waals surface area contributed by atoms with Crippen molar-refractivity contribution in [2.75, 3.05) is 23.3 Å². The highest BCUT2D eigenvalue weighted by Gasteiger charge is 2.32. The molecule has 1 aliphatic heterocycles. The predicted molar refractivity (Wildman–Crippen MR) is 87.2 cm³/mol. The van der Waals surface area contributed by atoms with E-state index in [0.717, 1.165) is 50.2 Å². The van der Waals surface area contributed by atoms with Crippen molar-refractivity contribution in [3.63, 3.8) is 0 Å². The number of alkyl halides is 3. The summed E-state index contributed by atoms with van der Waals surface area (Å²) in [5.41, 5.74) is 0.00282. The van der Waals surface area contributed by atoms with Gasteiger partial charge in [-0.3, -0.25) is 4.79 Å². The van der Waals surface area contributed by atoms with Crippen LogP contribution in [0.4, 0.5) is 28.9 Å². The lowest BCUT2D eigenvalue weighted by Crippen LogP contribution is -2.22. The lowest BCUT2D eigenvalue weighted by Gasteiger charge is -2.23. The van der Waals surface area contributed by atoms with Crippen molar-refractivity contribution in [2.45, 2.75) is 19.0 Å². The number of nitrogens with zero attached hydrogens (tertiary/aromatic N) is 1. The van der Waals surface area contributed by atoms with Gasteiger partial charge in [-0.05, 0) is 55.3 Å². The lowest BCUT2D eigenvalue weighted by molar-refractivity contribution is -0.137. The molecule has 0 unspecified atom stereocenters. The Bertz CT molecular complexity index is 766. The van der Waals surface area contributed by atoms with Crippen LogP contribution in [0, 0.1) is 5.82 Å². The number of hydrogen-bond acceptors (Lipinski definition) is 2. The summed E-state index contributed by atoms with van der Waals surface area (Å²) in [6.07, 6.45) is -2.60. The Morgan fingerprint density at radius 2 is 1.64 bits per heavy atom. The van der Waals surface area contributed by atoms with Gasteiger partial charge in [0.1, 0.15) is 5.82 Å². The number of amides is 1. The third kappa shape index (κ3) is 3.92. The van der Waals surface area contributed by atoms with E-state index in [-0.39, 0.29) is 11.3 Å². The molecule has 0 saturated carbocycles. The van der Waals surface area contributed by atoms with Crippen LogP contribution in [0.5, 0.6) is 0 Å². The standard InChI is InChI=1S/C18H16F4N2O/c19-14-6-3-12(4-7-14)17(25)23-15-11-13(18(20,21)22)5-8-16(15)24-9-1-2-10-24/h3-8,11H,1-2,9-10H2,(H,23,25). The van der Waals surface area contributed by atoms with Crippen molar-refractivity contribution >= 4 is 17.3 Å². The molecule has 0 atom stereocenters. The van der Waals surface area contributed by atoms with Gasteiger partial charge < -0.3 is 10.2 Å². The molecule has 1 N–H and O–H groups in total. The van der Waals surface area contributed by atoms with Crippen molar-refractivity contribution in [1.29, 1.82) is 0 Å². The maximum Gasteiger partial charge on any atom is 0.416 e. The van der Waals surface area contributed by atoms with Crippen LogP contribution in [0.3, 0.4) is 0 Å². The first kappa shape index (κ1) is 17.3. The fourth-order valence-electron chi connectivity index (χ4n) is 2.84. The summed E-state index contributed by atoms with van der Waals surface area (Å²) in [6.45, 7) is 1.45. The first-order chi connectivity index (χ1) is 11.8. The molecule has 132 valence electrons. The molecule has 0 spiro atoms. The molecule has 0 radical (unpaired) electrons. The fourth-order valence-corrected chi connectivity index (χ4v) is 2.84. The smallest absolute Gasteiger partial charge is 0.370 e.